The molecule has 8 heteroatoms. The maximum absolute atomic E-state index is 12.9. The van der Waals surface area contributed by atoms with E-state index in [1.54, 1.807) is 30.7 Å². The van der Waals surface area contributed by atoms with Gasteiger partial charge in [0.15, 0.2) is 0 Å². The standard InChI is InChI=1S/C25H27N5O3/c1-18-28-17-22(24(31)27-12-15-33-21-7-3-2-4-8-21)23(29-18)19-9-13-30(14-10-19)25(32)20-6-5-11-26-16-20/h2-8,11,16-17,19H,9-10,12-15H2,1H3,(H,27,31). The Morgan fingerprint density at radius 3 is 2.61 bits per heavy atom. The third kappa shape index (κ3) is 5.71. The molecule has 1 aliphatic heterocycles. The minimum absolute atomic E-state index is 0.0169. The number of aryl methyl sites for hydroxylation is 1. The maximum Gasteiger partial charge on any atom is 0.255 e. The molecule has 2 aromatic heterocycles. The van der Waals surface area contributed by atoms with E-state index >= 15 is 0 Å². The molecule has 2 amide bonds. The van der Waals surface area contributed by atoms with Gasteiger partial charge in [-0.05, 0) is 44.0 Å². The van der Waals surface area contributed by atoms with Crippen LogP contribution in [0.5, 0.6) is 5.75 Å². The number of carbonyl (C=O) groups excluding carboxylic acids is 2. The van der Waals surface area contributed by atoms with Crippen molar-refractivity contribution in [3.8, 4) is 5.75 Å². The molecular formula is C25H27N5O3. The topological polar surface area (TPSA) is 97.3 Å². The summed E-state index contributed by atoms with van der Waals surface area (Å²) >= 11 is 0. The van der Waals surface area contributed by atoms with E-state index in [4.69, 9.17) is 4.74 Å². The van der Waals surface area contributed by atoms with Crippen molar-refractivity contribution in [1.29, 1.82) is 0 Å². The van der Waals surface area contributed by atoms with Gasteiger partial charge in [0.25, 0.3) is 11.8 Å². The van der Waals surface area contributed by atoms with Crippen molar-refractivity contribution in [2.75, 3.05) is 26.2 Å². The second-order valence-electron chi connectivity index (χ2n) is 7.94. The maximum atomic E-state index is 12.9. The van der Waals surface area contributed by atoms with Crippen LogP contribution in [0.1, 0.15) is 51.0 Å². The summed E-state index contributed by atoms with van der Waals surface area (Å²) in [4.78, 5) is 40.3. The molecule has 0 unspecified atom stereocenters. The van der Waals surface area contributed by atoms with Crippen LogP contribution in [-0.4, -0.2) is 57.9 Å². The van der Waals surface area contributed by atoms with Crippen LogP contribution in [0.3, 0.4) is 0 Å². The summed E-state index contributed by atoms with van der Waals surface area (Å²) in [6, 6.07) is 13.0. The summed E-state index contributed by atoms with van der Waals surface area (Å²) < 4.78 is 5.64. The van der Waals surface area contributed by atoms with Crippen LogP contribution < -0.4 is 10.1 Å². The van der Waals surface area contributed by atoms with Gasteiger partial charge >= 0.3 is 0 Å². The third-order valence-corrected chi connectivity index (χ3v) is 5.66. The summed E-state index contributed by atoms with van der Waals surface area (Å²) in [5.74, 6) is 1.25. The Kier molecular flexibility index (Phi) is 7.24. The Labute approximate surface area is 193 Å². The van der Waals surface area contributed by atoms with Gasteiger partial charge in [0.1, 0.15) is 18.2 Å². The second kappa shape index (κ2) is 10.7. The van der Waals surface area contributed by atoms with Crippen LogP contribution in [0, 0.1) is 6.92 Å². The molecule has 0 atom stereocenters. The number of rotatable bonds is 7. The summed E-state index contributed by atoms with van der Waals surface area (Å²) in [5.41, 5.74) is 1.82. The van der Waals surface area contributed by atoms with E-state index in [-0.39, 0.29) is 17.7 Å². The van der Waals surface area contributed by atoms with Crippen LogP contribution in [0.15, 0.2) is 61.1 Å². The number of hydrogen-bond donors (Lipinski definition) is 1. The highest BCUT2D eigenvalue weighted by atomic mass is 16.5. The molecule has 170 valence electrons. The molecule has 0 radical (unpaired) electrons. The molecule has 8 nitrogen and oxygen atoms in total. The molecule has 1 N–H and O–H groups in total. The number of aromatic nitrogens is 3. The van der Waals surface area contributed by atoms with Crippen LogP contribution in [0.4, 0.5) is 0 Å². The average Bonchev–Trinajstić information content (AvgIpc) is 2.87. The normalized spacial score (nSPS) is 14.0. The molecule has 0 saturated carbocycles. The van der Waals surface area contributed by atoms with E-state index in [0.717, 1.165) is 24.3 Å². The van der Waals surface area contributed by atoms with Crippen molar-refractivity contribution in [2.45, 2.75) is 25.7 Å². The number of pyridine rings is 1. The van der Waals surface area contributed by atoms with Gasteiger partial charge in [0.05, 0.1) is 23.4 Å². The van der Waals surface area contributed by atoms with E-state index < -0.39 is 0 Å². The molecule has 0 spiro atoms. The SMILES string of the molecule is Cc1ncc(C(=O)NCCOc2ccccc2)c(C2CCN(C(=O)c3cccnc3)CC2)n1. The number of piperidine rings is 1. The number of hydrogen-bond acceptors (Lipinski definition) is 6. The molecule has 1 aliphatic rings. The molecule has 3 heterocycles. The molecule has 0 aliphatic carbocycles. The Morgan fingerprint density at radius 2 is 1.88 bits per heavy atom. The number of benzene rings is 1. The highest BCUT2D eigenvalue weighted by Gasteiger charge is 2.28. The van der Waals surface area contributed by atoms with Crippen molar-refractivity contribution in [3.05, 3.63) is 83.7 Å². The first-order chi connectivity index (χ1) is 16.1. The predicted octanol–water partition coefficient (Wildman–Crippen LogP) is 3.01. The highest BCUT2D eigenvalue weighted by molar-refractivity contribution is 5.95. The minimum Gasteiger partial charge on any atom is -0.492 e. The van der Waals surface area contributed by atoms with Gasteiger partial charge in [0.2, 0.25) is 0 Å². The monoisotopic (exact) mass is 445 g/mol. The minimum atomic E-state index is -0.212. The van der Waals surface area contributed by atoms with E-state index in [1.807, 2.05) is 42.2 Å². The van der Waals surface area contributed by atoms with Crippen molar-refractivity contribution < 1.29 is 14.3 Å². The van der Waals surface area contributed by atoms with Gasteiger partial charge in [-0.1, -0.05) is 18.2 Å². The molecule has 1 fully saturated rings. The van der Waals surface area contributed by atoms with Gasteiger partial charge in [-0.2, -0.15) is 0 Å². The fourth-order valence-corrected chi connectivity index (χ4v) is 3.95. The summed E-state index contributed by atoms with van der Waals surface area (Å²) in [6.45, 7) is 3.77. The van der Waals surface area contributed by atoms with E-state index in [1.165, 1.54) is 0 Å². The zero-order chi connectivity index (χ0) is 23.0. The van der Waals surface area contributed by atoms with Crippen LogP contribution in [-0.2, 0) is 0 Å². The first kappa shape index (κ1) is 22.4. The van der Waals surface area contributed by atoms with E-state index in [0.29, 0.717) is 43.2 Å². The predicted molar refractivity (Wildman–Crippen MR) is 123 cm³/mol. The molecule has 0 bridgehead atoms. The van der Waals surface area contributed by atoms with Gasteiger partial charge in [-0.15, -0.1) is 0 Å². The molecule has 33 heavy (non-hydrogen) atoms. The largest absolute Gasteiger partial charge is 0.492 e. The van der Waals surface area contributed by atoms with Gasteiger partial charge in [-0.3, -0.25) is 14.6 Å². The number of ether oxygens (including phenoxy) is 1. The lowest BCUT2D eigenvalue weighted by atomic mass is 9.90. The molecular weight excluding hydrogens is 418 g/mol. The van der Waals surface area contributed by atoms with Gasteiger partial charge in [0, 0.05) is 37.6 Å². The Bertz CT molecular complexity index is 1080. The lowest BCUT2D eigenvalue weighted by Crippen LogP contribution is -2.38. The quantitative estimate of drug-likeness (QED) is 0.562. The highest BCUT2D eigenvalue weighted by Crippen LogP contribution is 2.29. The van der Waals surface area contributed by atoms with Crippen LogP contribution >= 0.6 is 0 Å². The smallest absolute Gasteiger partial charge is 0.255 e. The fourth-order valence-electron chi connectivity index (χ4n) is 3.95. The van der Waals surface area contributed by atoms with Crippen molar-refractivity contribution in [1.82, 2.24) is 25.2 Å². The van der Waals surface area contributed by atoms with Crippen LogP contribution in [0.25, 0.3) is 0 Å². The van der Waals surface area contributed by atoms with Crippen molar-refractivity contribution in [2.24, 2.45) is 0 Å². The number of nitrogens with one attached hydrogen (secondary N) is 1. The van der Waals surface area contributed by atoms with E-state index in [2.05, 4.69) is 20.3 Å². The molecule has 1 aromatic carbocycles. The fraction of sp³-hybridized carbons (Fsp3) is 0.320. The number of carbonyl (C=O) groups is 2. The Balaban J connectivity index is 1.36. The van der Waals surface area contributed by atoms with E-state index in [9.17, 15) is 9.59 Å². The number of para-hydroxylation sites is 1. The summed E-state index contributed by atoms with van der Waals surface area (Å²) in [5, 5.41) is 2.90. The van der Waals surface area contributed by atoms with Crippen LogP contribution in [0.2, 0.25) is 0 Å². The molecule has 3 aromatic rings. The number of nitrogens with zero attached hydrogens (tertiary/aromatic N) is 4. The number of likely N-dealkylation sites (tertiary alicyclic amines) is 1. The van der Waals surface area contributed by atoms with Gasteiger partial charge < -0.3 is 15.0 Å². The zero-order valence-electron chi connectivity index (χ0n) is 18.6. The third-order valence-electron chi connectivity index (χ3n) is 5.66. The first-order valence-electron chi connectivity index (χ1n) is 11.1. The zero-order valence-corrected chi connectivity index (χ0v) is 18.6. The first-order valence-corrected chi connectivity index (χ1v) is 11.1. The molecule has 1 saturated heterocycles. The average molecular weight is 446 g/mol. The Hall–Kier alpha value is -3.81. The summed E-state index contributed by atoms with van der Waals surface area (Å²) in [7, 11) is 0. The lowest BCUT2D eigenvalue weighted by molar-refractivity contribution is 0.0710. The molecule has 4 rings (SSSR count). The van der Waals surface area contributed by atoms with Crippen molar-refractivity contribution >= 4 is 11.8 Å². The lowest BCUT2D eigenvalue weighted by Gasteiger charge is -2.32. The number of amides is 2. The van der Waals surface area contributed by atoms with Gasteiger partial charge in [-0.25, -0.2) is 9.97 Å². The Morgan fingerprint density at radius 1 is 1.09 bits per heavy atom. The summed E-state index contributed by atoms with van der Waals surface area (Å²) in [6.07, 6.45) is 6.31. The van der Waals surface area contributed by atoms with Crippen molar-refractivity contribution in [3.63, 3.8) is 0 Å². The second-order valence-corrected chi connectivity index (χ2v) is 7.94.